The second kappa shape index (κ2) is 18.7. The Morgan fingerprint density at radius 1 is 0.593 bits per heavy atom. The first-order chi connectivity index (χ1) is 26.3. The minimum Gasteiger partial charge on any atom is -0.494 e. The number of carbonyl (C=O) groups excluding carboxylic acids is 2. The Bertz CT molecular complexity index is 1980. The van der Waals surface area contributed by atoms with Crippen LogP contribution in [0.2, 0.25) is 0 Å². The van der Waals surface area contributed by atoms with E-state index in [2.05, 4.69) is 84.9 Å². The van der Waals surface area contributed by atoms with Crippen molar-refractivity contribution in [2.75, 3.05) is 39.5 Å². The standard InChI is InChI=1S/C44H50N4O6/c45-27-41(47)43(49)53-16-9-3-8-15-51-35-21-33-19-31(29-11-4-1-5-12-29)23-37(33)39(25-35)40-26-36(52-17-10-18-54-44(50)42(48)28-46)22-34-20-32(24-38(34)40)30-13-6-2-7-14-30/h1-2,4-7,11-14,19,21-22,24-26,41-42H,3,8-10,15-18,20,23,27-28,45-48H2. The Balaban J connectivity index is 1.26. The fourth-order valence-electron chi connectivity index (χ4n) is 6.73. The molecular weight excluding hydrogens is 681 g/mol. The van der Waals surface area contributed by atoms with Gasteiger partial charge < -0.3 is 41.9 Å². The highest BCUT2D eigenvalue weighted by molar-refractivity contribution is 5.98. The van der Waals surface area contributed by atoms with Crippen LogP contribution in [0, 0.1) is 0 Å². The minimum atomic E-state index is -0.826. The molecule has 0 amide bonds. The van der Waals surface area contributed by atoms with Crippen LogP contribution < -0.4 is 32.4 Å². The van der Waals surface area contributed by atoms with Crippen LogP contribution >= 0.6 is 0 Å². The van der Waals surface area contributed by atoms with E-state index in [0.29, 0.717) is 32.7 Å². The number of unbranched alkanes of at least 4 members (excludes halogenated alkanes) is 2. The highest BCUT2D eigenvalue weighted by atomic mass is 16.5. The molecule has 0 bridgehead atoms. The van der Waals surface area contributed by atoms with Crippen LogP contribution in [0.3, 0.4) is 0 Å². The first-order valence-corrected chi connectivity index (χ1v) is 18.7. The molecule has 4 aromatic carbocycles. The van der Waals surface area contributed by atoms with E-state index in [0.717, 1.165) is 53.9 Å². The Morgan fingerprint density at radius 3 is 1.76 bits per heavy atom. The molecule has 54 heavy (non-hydrogen) atoms. The topological polar surface area (TPSA) is 175 Å². The smallest absolute Gasteiger partial charge is 0.324 e. The summed E-state index contributed by atoms with van der Waals surface area (Å²) in [5, 5.41) is 0. The third-order valence-corrected chi connectivity index (χ3v) is 9.69. The van der Waals surface area contributed by atoms with Crippen LogP contribution in [0.5, 0.6) is 11.5 Å². The zero-order valence-electron chi connectivity index (χ0n) is 30.6. The van der Waals surface area contributed by atoms with Crippen molar-refractivity contribution in [3.63, 3.8) is 0 Å². The monoisotopic (exact) mass is 730 g/mol. The van der Waals surface area contributed by atoms with Crippen molar-refractivity contribution >= 4 is 35.2 Å². The summed E-state index contributed by atoms with van der Waals surface area (Å²) in [6.45, 7) is 1.48. The van der Waals surface area contributed by atoms with Gasteiger partial charge in [-0.25, -0.2) is 0 Å². The summed E-state index contributed by atoms with van der Waals surface area (Å²) in [5.41, 5.74) is 34.1. The first kappa shape index (κ1) is 38.5. The Morgan fingerprint density at radius 2 is 1.13 bits per heavy atom. The van der Waals surface area contributed by atoms with Crippen molar-refractivity contribution in [1.82, 2.24) is 0 Å². The molecule has 0 saturated heterocycles. The predicted octanol–water partition coefficient (Wildman–Crippen LogP) is 5.52. The maximum absolute atomic E-state index is 12.0. The highest BCUT2D eigenvalue weighted by Gasteiger charge is 2.25. The van der Waals surface area contributed by atoms with E-state index < -0.39 is 24.0 Å². The second-order valence-corrected chi connectivity index (χ2v) is 13.6. The van der Waals surface area contributed by atoms with Gasteiger partial charge in [-0.2, -0.15) is 0 Å². The molecule has 282 valence electrons. The van der Waals surface area contributed by atoms with Gasteiger partial charge in [-0.15, -0.1) is 0 Å². The van der Waals surface area contributed by atoms with Crippen molar-refractivity contribution in [2.24, 2.45) is 22.9 Å². The molecule has 2 atom stereocenters. The molecule has 10 heteroatoms. The summed E-state index contributed by atoms with van der Waals surface area (Å²) in [6, 6.07) is 27.9. The summed E-state index contributed by atoms with van der Waals surface area (Å²) in [5.74, 6) is 0.560. The van der Waals surface area contributed by atoms with Gasteiger partial charge in [0.15, 0.2) is 0 Å². The van der Waals surface area contributed by atoms with Crippen molar-refractivity contribution in [3.05, 3.63) is 118 Å². The summed E-state index contributed by atoms with van der Waals surface area (Å²) >= 11 is 0. The molecule has 0 saturated carbocycles. The number of rotatable bonds is 19. The maximum Gasteiger partial charge on any atom is 0.324 e. The van der Waals surface area contributed by atoms with Crippen LogP contribution in [0.4, 0.5) is 0 Å². The summed E-state index contributed by atoms with van der Waals surface area (Å²) < 4.78 is 23.2. The molecule has 4 aromatic rings. The molecule has 0 aliphatic heterocycles. The lowest BCUT2D eigenvalue weighted by molar-refractivity contribution is -0.146. The zero-order valence-corrected chi connectivity index (χ0v) is 30.6. The maximum atomic E-state index is 12.0. The molecule has 10 nitrogen and oxygen atoms in total. The number of benzene rings is 4. The third-order valence-electron chi connectivity index (χ3n) is 9.69. The molecule has 6 rings (SSSR count). The number of ether oxygens (including phenoxy) is 4. The minimum absolute atomic E-state index is 0.0368. The number of nitrogens with two attached hydrogens (primary N) is 4. The van der Waals surface area contributed by atoms with Gasteiger partial charge in [-0.05, 0) is 118 Å². The number of fused-ring (bicyclic) bond motifs is 2. The van der Waals surface area contributed by atoms with Crippen molar-refractivity contribution in [3.8, 4) is 22.6 Å². The van der Waals surface area contributed by atoms with E-state index in [9.17, 15) is 9.59 Å². The van der Waals surface area contributed by atoms with E-state index in [1.807, 2.05) is 12.1 Å². The van der Waals surface area contributed by atoms with Gasteiger partial charge in [0.1, 0.15) is 23.6 Å². The largest absolute Gasteiger partial charge is 0.494 e. The Kier molecular flexibility index (Phi) is 13.3. The lowest BCUT2D eigenvalue weighted by Crippen LogP contribution is -2.39. The fraction of sp³-hybridized carbons (Fsp3) is 0.318. The van der Waals surface area contributed by atoms with E-state index >= 15 is 0 Å². The highest BCUT2D eigenvalue weighted by Crippen LogP contribution is 2.46. The third kappa shape index (κ3) is 9.64. The summed E-state index contributed by atoms with van der Waals surface area (Å²) in [4.78, 5) is 23.8. The van der Waals surface area contributed by atoms with Crippen LogP contribution in [0.1, 0.15) is 59.1 Å². The van der Waals surface area contributed by atoms with Gasteiger partial charge in [0.05, 0.1) is 26.4 Å². The van der Waals surface area contributed by atoms with Gasteiger partial charge >= 0.3 is 11.9 Å². The van der Waals surface area contributed by atoms with Crippen LogP contribution in [0.25, 0.3) is 34.4 Å². The lowest BCUT2D eigenvalue weighted by Gasteiger charge is -2.18. The van der Waals surface area contributed by atoms with E-state index in [1.54, 1.807) is 0 Å². The van der Waals surface area contributed by atoms with Gasteiger partial charge in [-0.3, -0.25) is 9.59 Å². The van der Waals surface area contributed by atoms with Crippen molar-refractivity contribution in [2.45, 2.75) is 50.6 Å². The SMILES string of the molecule is NCC(N)C(=O)OCCCCCOc1cc2c(c(-c3cc(OCCCOC(=O)C(N)CN)cc4c3C=C(c3ccccc3)C4)c1)CC(c1ccccc1)=C2. The van der Waals surface area contributed by atoms with Gasteiger partial charge in [0, 0.05) is 19.5 Å². The molecule has 0 fully saturated rings. The number of allylic oxidation sites excluding steroid dienone is 2. The molecule has 2 aliphatic rings. The van der Waals surface area contributed by atoms with Gasteiger partial charge in [0.2, 0.25) is 0 Å². The Labute approximate surface area is 317 Å². The number of esters is 2. The van der Waals surface area contributed by atoms with Crippen LogP contribution in [0.15, 0.2) is 84.9 Å². The van der Waals surface area contributed by atoms with Crippen LogP contribution in [-0.4, -0.2) is 63.5 Å². The number of carbonyl (C=O) groups is 2. The van der Waals surface area contributed by atoms with E-state index in [-0.39, 0.29) is 19.7 Å². The molecular formula is C44H50N4O6. The Hall–Kier alpha value is -5.26. The first-order valence-electron chi connectivity index (χ1n) is 18.7. The number of hydrogen-bond donors (Lipinski definition) is 4. The van der Waals surface area contributed by atoms with E-state index in [4.69, 9.17) is 41.9 Å². The van der Waals surface area contributed by atoms with Crippen molar-refractivity contribution < 1.29 is 28.5 Å². The summed E-state index contributed by atoms with van der Waals surface area (Å²) in [7, 11) is 0. The normalized spacial score (nSPS) is 14.0. The summed E-state index contributed by atoms with van der Waals surface area (Å²) in [6.07, 6.45) is 8.99. The van der Waals surface area contributed by atoms with Crippen LogP contribution in [-0.2, 0) is 31.9 Å². The second-order valence-electron chi connectivity index (χ2n) is 13.6. The lowest BCUT2D eigenvalue weighted by atomic mass is 9.90. The average Bonchev–Trinajstić information content (AvgIpc) is 3.85. The van der Waals surface area contributed by atoms with Gasteiger partial charge in [0.25, 0.3) is 0 Å². The molecule has 2 unspecified atom stereocenters. The average molecular weight is 731 g/mol. The quantitative estimate of drug-likeness (QED) is 0.0710. The molecule has 0 spiro atoms. The molecule has 0 heterocycles. The molecule has 0 aromatic heterocycles. The predicted molar refractivity (Wildman–Crippen MR) is 213 cm³/mol. The van der Waals surface area contributed by atoms with Gasteiger partial charge in [-0.1, -0.05) is 66.7 Å². The fourth-order valence-corrected chi connectivity index (χ4v) is 6.73. The number of hydrogen-bond acceptors (Lipinski definition) is 10. The molecule has 8 N–H and O–H groups in total. The van der Waals surface area contributed by atoms with E-state index in [1.165, 1.54) is 39.0 Å². The molecule has 2 aliphatic carbocycles. The zero-order chi connectivity index (χ0) is 37.9. The van der Waals surface area contributed by atoms with Crippen molar-refractivity contribution in [1.29, 1.82) is 0 Å². The molecule has 0 radical (unpaired) electrons.